The van der Waals surface area contributed by atoms with E-state index in [0.29, 0.717) is 13.0 Å². The van der Waals surface area contributed by atoms with Gasteiger partial charge in [0.25, 0.3) is 0 Å². The van der Waals surface area contributed by atoms with Gasteiger partial charge < -0.3 is 20.3 Å². The van der Waals surface area contributed by atoms with Crippen molar-refractivity contribution < 1.29 is 9.53 Å². The minimum absolute atomic E-state index is 0.0447. The average molecular weight is 344 g/mol. The first-order valence-electron chi connectivity index (χ1n) is 8.97. The van der Waals surface area contributed by atoms with Crippen LogP contribution in [0.5, 0.6) is 0 Å². The fourth-order valence-electron chi connectivity index (χ4n) is 3.34. The Morgan fingerprint density at radius 3 is 2.96 bits per heavy atom. The number of alkyl carbamates (subject to hydrolysis) is 1. The van der Waals surface area contributed by atoms with Crippen molar-refractivity contribution in [3.8, 4) is 6.07 Å². The summed E-state index contributed by atoms with van der Waals surface area (Å²) in [5.74, 6) is 0. The van der Waals surface area contributed by atoms with E-state index in [2.05, 4.69) is 27.7 Å². The van der Waals surface area contributed by atoms with Gasteiger partial charge in [-0.25, -0.2) is 4.79 Å². The number of nitrogens with zero attached hydrogens (tertiary/aromatic N) is 2. The third kappa shape index (κ3) is 5.10. The van der Waals surface area contributed by atoms with E-state index in [4.69, 9.17) is 4.74 Å². The number of carbonyl (C=O) groups is 1. The van der Waals surface area contributed by atoms with Crippen LogP contribution in [0.25, 0.3) is 0 Å². The summed E-state index contributed by atoms with van der Waals surface area (Å²) in [6.07, 6.45) is 2.31. The van der Waals surface area contributed by atoms with Crippen LogP contribution in [-0.2, 0) is 17.6 Å². The fourth-order valence-corrected chi connectivity index (χ4v) is 3.34. The monoisotopic (exact) mass is 344 g/mol. The maximum Gasteiger partial charge on any atom is 0.407 e. The molecule has 0 fully saturated rings. The van der Waals surface area contributed by atoms with Crippen molar-refractivity contribution in [3.05, 3.63) is 28.8 Å². The third-order valence-electron chi connectivity index (χ3n) is 4.37. The number of fused-ring (bicyclic) bond motifs is 1. The Balaban J connectivity index is 2.08. The van der Waals surface area contributed by atoms with Crippen LogP contribution in [0, 0.1) is 11.3 Å². The smallest absolute Gasteiger partial charge is 0.407 e. The molecule has 1 aromatic rings. The largest absolute Gasteiger partial charge is 0.450 e. The number of nitrogens with one attached hydrogen (secondary N) is 2. The molecule has 136 valence electrons. The van der Waals surface area contributed by atoms with Crippen molar-refractivity contribution in [3.63, 3.8) is 0 Å². The van der Waals surface area contributed by atoms with Crippen molar-refractivity contribution in [2.45, 2.75) is 39.2 Å². The molecule has 0 aliphatic carbocycles. The minimum atomic E-state index is -0.396. The van der Waals surface area contributed by atoms with E-state index in [1.807, 2.05) is 20.0 Å². The first-order chi connectivity index (χ1) is 12.1. The Morgan fingerprint density at radius 2 is 2.28 bits per heavy atom. The summed E-state index contributed by atoms with van der Waals surface area (Å²) in [6, 6.07) is 6.44. The van der Waals surface area contributed by atoms with Gasteiger partial charge >= 0.3 is 6.09 Å². The van der Waals surface area contributed by atoms with E-state index in [0.717, 1.165) is 49.3 Å². The van der Waals surface area contributed by atoms with Crippen molar-refractivity contribution >= 4 is 11.8 Å². The van der Waals surface area contributed by atoms with Gasteiger partial charge in [0, 0.05) is 19.1 Å². The molecule has 1 aromatic carbocycles. The lowest BCUT2D eigenvalue weighted by atomic mass is 9.99. The number of anilines is 1. The number of nitriles is 1. The summed E-state index contributed by atoms with van der Waals surface area (Å²) >= 11 is 0. The topological polar surface area (TPSA) is 77.4 Å². The number of rotatable bonds is 8. The van der Waals surface area contributed by atoms with Crippen LogP contribution >= 0.6 is 0 Å². The highest BCUT2D eigenvalue weighted by Crippen LogP contribution is 2.33. The number of ether oxygens (including phenoxy) is 1. The van der Waals surface area contributed by atoms with Gasteiger partial charge in [0.05, 0.1) is 17.9 Å². The molecule has 0 spiro atoms. The number of carbonyl (C=O) groups excluding carboxylic acids is 1. The SMILES string of the molecule is CCOC(=O)NC(C)Cc1cc(C#N)c2c(c1)CCN2CCCNC. The normalized spacial score (nSPS) is 13.9. The van der Waals surface area contributed by atoms with E-state index in [1.54, 1.807) is 6.92 Å². The first-order valence-corrected chi connectivity index (χ1v) is 8.97. The molecule has 0 radical (unpaired) electrons. The third-order valence-corrected chi connectivity index (χ3v) is 4.37. The van der Waals surface area contributed by atoms with E-state index >= 15 is 0 Å². The zero-order chi connectivity index (χ0) is 18.2. The summed E-state index contributed by atoms with van der Waals surface area (Å²) in [4.78, 5) is 13.8. The maximum atomic E-state index is 11.5. The van der Waals surface area contributed by atoms with Crippen LogP contribution in [0.4, 0.5) is 10.5 Å². The number of amides is 1. The van der Waals surface area contributed by atoms with Gasteiger partial charge in [-0.3, -0.25) is 0 Å². The summed E-state index contributed by atoms with van der Waals surface area (Å²) in [6.45, 7) is 6.99. The second-order valence-electron chi connectivity index (χ2n) is 6.43. The molecule has 0 saturated heterocycles. The van der Waals surface area contributed by atoms with Gasteiger partial charge in [0.1, 0.15) is 6.07 Å². The number of hydrogen-bond acceptors (Lipinski definition) is 5. The van der Waals surface area contributed by atoms with Gasteiger partial charge in [-0.1, -0.05) is 6.07 Å². The van der Waals surface area contributed by atoms with Gasteiger partial charge in [0.2, 0.25) is 0 Å². The Hall–Kier alpha value is -2.26. The van der Waals surface area contributed by atoms with Crippen molar-refractivity contribution in [1.29, 1.82) is 5.26 Å². The molecule has 2 N–H and O–H groups in total. The highest BCUT2D eigenvalue weighted by Gasteiger charge is 2.23. The molecular weight excluding hydrogens is 316 g/mol. The number of hydrogen-bond donors (Lipinski definition) is 2. The molecule has 25 heavy (non-hydrogen) atoms. The Morgan fingerprint density at radius 1 is 1.48 bits per heavy atom. The van der Waals surface area contributed by atoms with E-state index in [1.165, 1.54) is 5.56 Å². The lowest BCUT2D eigenvalue weighted by Gasteiger charge is -2.21. The van der Waals surface area contributed by atoms with Crippen molar-refractivity contribution in [2.24, 2.45) is 0 Å². The van der Waals surface area contributed by atoms with Crippen molar-refractivity contribution in [2.75, 3.05) is 38.2 Å². The highest BCUT2D eigenvalue weighted by molar-refractivity contribution is 5.69. The maximum absolute atomic E-state index is 11.5. The zero-order valence-electron chi connectivity index (χ0n) is 15.4. The molecule has 6 heteroatoms. The van der Waals surface area contributed by atoms with Crippen LogP contribution in [0.15, 0.2) is 12.1 Å². The number of benzene rings is 1. The summed E-state index contributed by atoms with van der Waals surface area (Å²) in [5.41, 5.74) is 4.14. The molecule has 0 saturated carbocycles. The second kappa shape index (κ2) is 9.28. The van der Waals surface area contributed by atoms with Crippen LogP contribution in [0.2, 0.25) is 0 Å². The van der Waals surface area contributed by atoms with Gasteiger partial charge in [-0.2, -0.15) is 5.26 Å². The predicted molar refractivity (Wildman–Crippen MR) is 98.9 cm³/mol. The van der Waals surface area contributed by atoms with Crippen LogP contribution in [-0.4, -0.2) is 45.4 Å². The molecule has 0 aromatic heterocycles. The molecule has 1 aliphatic heterocycles. The summed E-state index contributed by atoms with van der Waals surface area (Å²) in [7, 11) is 1.95. The molecule has 0 bridgehead atoms. The molecule has 2 rings (SSSR count). The molecule has 1 amide bonds. The predicted octanol–water partition coefficient (Wildman–Crippen LogP) is 2.21. The summed E-state index contributed by atoms with van der Waals surface area (Å²) < 4.78 is 4.92. The highest BCUT2D eigenvalue weighted by atomic mass is 16.5. The van der Waals surface area contributed by atoms with Crippen LogP contribution in [0.1, 0.15) is 37.0 Å². The first kappa shape index (κ1) is 19.1. The zero-order valence-corrected chi connectivity index (χ0v) is 15.4. The van der Waals surface area contributed by atoms with Crippen LogP contribution < -0.4 is 15.5 Å². The standard InChI is InChI=1S/C19H28N4O2/c1-4-25-19(24)22-14(2)10-15-11-16-6-9-23(8-5-7-21-3)18(16)17(12-15)13-20/h11-12,14,21H,4-10H2,1-3H3,(H,22,24). The lowest BCUT2D eigenvalue weighted by molar-refractivity contribution is 0.149. The molecule has 1 unspecified atom stereocenters. The Kier molecular flexibility index (Phi) is 7.08. The van der Waals surface area contributed by atoms with Gasteiger partial charge in [-0.15, -0.1) is 0 Å². The fraction of sp³-hybridized carbons (Fsp3) is 0.579. The van der Waals surface area contributed by atoms with Crippen LogP contribution in [0.3, 0.4) is 0 Å². The average Bonchev–Trinajstić information content (AvgIpc) is 2.97. The molecular formula is C19H28N4O2. The van der Waals surface area contributed by atoms with E-state index < -0.39 is 6.09 Å². The van der Waals surface area contributed by atoms with Crippen molar-refractivity contribution in [1.82, 2.24) is 10.6 Å². The lowest BCUT2D eigenvalue weighted by Crippen LogP contribution is -2.34. The summed E-state index contributed by atoms with van der Waals surface area (Å²) in [5, 5.41) is 15.6. The van der Waals surface area contributed by atoms with Gasteiger partial charge in [0.15, 0.2) is 0 Å². The molecule has 1 atom stereocenters. The van der Waals surface area contributed by atoms with E-state index in [-0.39, 0.29) is 6.04 Å². The quantitative estimate of drug-likeness (QED) is 0.707. The Labute approximate surface area is 150 Å². The van der Waals surface area contributed by atoms with Gasteiger partial charge in [-0.05, 0) is 63.9 Å². The molecule has 6 nitrogen and oxygen atoms in total. The second-order valence-corrected chi connectivity index (χ2v) is 6.43. The molecule has 1 heterocycles. The van der Waals surface area contributed by atoms with E-state index in [9.17, 15) is 10.1 Å². The minimum Gasteiger partial charge on any atom is -0.450 e. The molecule has 1 aliphatic rings. The Bertz CT molecular complexity index is 639.